The standard InChI is InChI=1S/C16H21F2NOS/c17-13-3-4-15(16(18)10-13)12-2-1-7-19(11-12)14-5-8-21(20)9-6-14/h3-4,10,12,14H,1-2,5-9,11H2/t12-,14?,21?/m1/s1. The molecule has 2 heterocycles. The molecule has 0 aromatic heterocycles. The fourth-order valence-electron chi connectivity index (χ4n) is 3.57. The molecule has 1 aromatic rings. The van der Waals surface area contributed by atoms with Gasteiger partial charge >= 0.3 is 0 Å². The molecule has 2 aliphatic rings. The van der Waals surface area contributed by atoms with Crippen LogP contribution in [0.5, 0.6) is 0 Å². The number of rotatable bonds is 2. The predicted octanol–water partition coefficient (Wildman–Crippen LogP) is 3.06. The second-order valence-corrected chi connectivity index (χ2v) is 7.78. The van der Waals surface area contributed by atoms with Crippen LogP contribution in [0.2, 0.25) is 0 Å². The fourth-order valence-corrected chi connectivity index (χ4v) is 4.85. The van der Waals surface area contributed by atoms with Crippen molar-refractivity contribution in [3.8, 4) is 0 Å². The molecule has 2 fully saturated rings. The van der Waals surface area contributed by atoms with E-state index in [0.29, 0.717) is 11.6 Å². The summed E-state index contributed by atoms with van der Waals surface area (Å²) in [5.74, 6) is 0.782. The molecule has 0 unspecified atom stereocenters. The topological polar surface area (TPSA) is 20.3 Å². The van der Waals surface area contributed by atoms with E-state index < -0.39 is 22.4 Å². The summed E-state index contributed by atoms with van der Waals surface area (Å²) in [4.78, 5) is 2.42. The highest BCUT2D eigenvalue weighted by atomic mass is 32.2. The Bertz CT molecular complexity index is 527. The monoisotopic (exact) mass is 313 g/mol. The van der Waals surface area contributed by atoms with Crippen molar-refractivity contribution in [2.24, 2.45) is 0 Å². The summed E-state index contributed by atoms with van der Waals surface area (Å²) in [5.41, 5.74) is 0.639. The van der Waals surface area contributed by atoms with Gasteiger partial charge in [0.1, 0.15) is 11.6 Å². The molecular formula is C16H21F2NOS. The molecule has 1 aromatic carbocycles. The summed E-state index contributed by atoms with van der Waals surface area (Å²) in [7, 11) is -0.645. The SMILES string of the molecule is O=S1CCC(N2CCC[C@@H](c3ccc(F)cc3F)C2)CC1. The quantitative estimate of drug-likeness (QED) is 0.836. The van der Waals surface area contributed by atoms with Crippen molar-refractivity contribution in [1.82, 2.24) is 4.90 Å². The highest BCUT2D eigenvalue weighted by Gasteiger charge is 2.30. The van der Waals surface area contributed by atoms with Gasteiger partial charge in [-0.1, -0.05) is 6.07 Å². The lowest BCUT2D eigenvalue weighted by Gasteiger charge is -2.40. The molecule has 116 valence electrons. The van der Waals surface area contributed by atoms with Crippen molar-refractivity contribution < 1.29 is 13.0 Å². The maximum Gasteiger partial charge on any atom is 0.129 e. The smallest absolute Gasteiger partial charge is 0.129 e. The summed E-state index contributed by atoms with van der Waals surface area (Å²) in [6.45, 7) is 1.87. The van der Waals surface area contributed by atoms with E-state index in [-0.39, 0.29) is 5.92 Å². The normalized spacial score (nSPS) is 31.2. The van der Waals surface area contributed by atoms with E-state index >= 15 is 0 Å². The van der Waals surface area contributed by atoms with E-state index in [2.05, 4.69) is 4.90 Å². The highest BCUT2D eigenvalue weighted by molar-refractivity contribution is 7.85. The molecule has 0 amide bonds. The molecule has 0 saturated carbocycles. The van der Waals surface area contributed by atoms with Crippen LogP contribution < -0.4 is 0 Å². The molecule has 2 aliphatic heterocycles. The van der Waals surface area contributed by atoms with Crippen molar-refractivity contribution in [3.63, 3.8) is 0 Å². The van der Waals surface area contributed by atoms with Crippen molar-refractivity contribution in [2.75, 3.05) is 24.6 Å². The Hall–Kier alpha value is -0.810. The minimum atomic E-state index is -0.645. The largest absolute Gasteiger partial charge is 0.300 e. The summed E-state index contributed by atoms with van der Waals surface area (Å²) >= 11 is 0. The van der Waals surface area contributed by atoms with Gasteiger partial charge in [-0.25, -0.2) is 8.78 Å². The first-order valence-electron chi connectivity index (χ1n) is 7.67. The van der Waals surface area contributed by atoms with Crippen molar-refractivity contribution in [2.45, 2.75) is 37.6 Å². The lowest BCUT2D eigenvalue weighted by Crippen LogP contribution is -2.45. The third kappa shape index (κ3) is 3.51. The maximum absolute atomic E-state index is 14.0. The second kappa shape index (κ2) is 6.53. The zero-order valence-corrected chi connectivity index (χ0v) is 12.9. The Morgan fingerprint density at radius 1 is 1.14 bits per heavy atom. The molecular weight excluding hydrogens is 292 g/mol. The summed E-state index contributed by atoms with van der Waals surface area (Å²) in [6, 6.07) is 4.41. The zero-order valence-electron chi connectivity index (χ0n) is 12.1. The van der Waals surface area contributed by atoms with E-state index in [0.717, 1.165) is 56.3 Å². The third-order valence-corrected chi connectivity index (χ3v) is 6.11. The van der Waals surface area contributed by atoms with E-state index in [9.17, 15) is 13.0 Å². The highest BCUT2D eigenvalue weighted by Crippen LogP contribution is 2.31. The van der Waals surface area contributed by atoms with Gasteiger partial charge in [0, 0.05) is 41.0 Å². The molecule has 2 nitrogen and oxygen atoms in total. The Labute approximate surface area is 127 Å². The third-order valence-electron chi connectivity index (χ3n) is 4.73. The van der Waals surface area contributed by atoms with Gasteiger partial charge in [-0.15, -0.1) is 0 Å². The predicted molar refractivity (Wildman–Crippen MR) is 80.8 cm³/mol. The molecule has 2 saturated heterocycles. The van der Waals surface area contributed by atoms with E-state index in [1.807, 2.05) is 0 Å². The molecule has 21 heavy (non-hydrogen) atoms. The number of likely N-dealkylation sites (tertiary alicyclic amines) is 1. The van der Waals surface area contributed by atoms with Crippen LogP contribution >= 0.6 is 0 Å². The number of benzene rings is 1. The Morgan fingerprint density at radius 3 is 2.62 bits per heavy atom. The van der Waals surface area contributed by atoms with E-state index in [1.54, 1.807) is 6.07 Å². The Balaban J connectivity index is 1.69. The summed E-state index contributed by atoms with van der Waals surface area (Å²) in [6.07, 6.45) is 3.95. The number of hydrogen-bond acceptors (Lipinski definition) is 2. The van der Waals surface area contributed by atoms with Crippen LogP contribution in [-0.2, 0) is 10.8 Å². The van der Waals surface area contributed by atoms with Crippen LogP contribution in [0.1, 0.15) is 37.2 Å². The number of halogens is 2. The molecule has 0 bridgehead atoms. The van der Waals surface area contributed by atoms with Gasteiger partial charge in [0.2, 0.25) is 0 Å². The minimum Gasteiger partial charge on any atom is -0.300 e. The van der Waals surface area contributed by atoms with Gasteiger partial charge in [0.05, 0.1) is 0 Å². The van der Waals surface area contributed by atoms with Crippen molar-refractivity contribution >= 4 is 10.8 Å². The van der Waals surface area contributed by atoms with Crippen LogP contribution in [0.15, 0.2) is 18.2 Å². The summed E-state index contributed by atoms with van der Waals surface area (Å²) in [5, 5.41) is 0. The molecule has 5 heteroatoms. The van der Waals surface area contributed by atoms with Crippen LogP contribution in [0, 0.1) is 11.6 Å². The van der Waals surface area contributed by atoms with Crippen LogP contribution in [0.4, 0.5) is 8.78 Å². The Kier molecular flexibility index (Phi) is 4.69. The van der Waals surface area contributed by atoms with Gasteiger partial charge in [0.25, 0.3) is 0 Å². The van der Waals surface area contributed by atoms with E-state index in [1.165, 1.54) is 6.07 Å². The molecule has 3 rings (SSSR count). The molecule has 0 aliphatic carbocycles. The van der Waals surface area contributed by atoms with Gasteiger partial charge < -0.3 is 0 Å². The fraction of sp³-hybridized carbons (Fsp3) is 0.625. The molecule has 0 spiro atoms. The first-order chi connectivity index (χ1) is 10.1. The molecule has 1 atom stereocenters. The van der Waals surface area contributed by atoms with Crippen LogP contribution in [0.25, 0.3) is 0 Å². The first-order valence-corrected chi connectivity index (χ1v) is 9.16. The average molecular weight is 313 g/mol. The second-order valence-electron chi connectivity index (χ2n) is 6.08. The minimum absolute atomic E-state index is 0.145. The zero-order chi connectivity index (χ0) is 14.8. The van der Waals surface area contributed by atoms with E-state index in [4.69, 9.17) is 0 Å². The van der Waals surface area contributed by atoms with Crippen LogP contribution in [-0.4, -0.2) is 39.7 Å². The van der Waals surface area contributed by atoms with Gasteiger partial charge in [-0.05, 0) is 49.8 Å². The van der Waals surface area contributed by atoms with Crippen LogP contribution in [0.3, 0.4) is 0 Å². The first kappa shape index (κ1) is 15.1. The summed E-state index contributed by atoms with van der Waals surface area (Å²) < 4.78 is 38.5. The van der Waals surface area contributed by atoms with Crippen molar-refractivity contribution in [1.29, 1.82) is 0 Å². The maximum atomic E-state index is 14.0. The lowest BCUT2D eigenvalue weighted by molar-refractivity contribution is 0.138. The number of hydrogen-bond donors (Lipinski definition) is 0. The lowest BCUT2D eigenvalue weighted by atomic mass is 9.89. The average Bonchev–Trinajstić information content (AvgIpc) is 2.48. The number of nitrogens with zero attached hydrogens (tertiary/aromatic N) is 1. The molecule has 0 radical (unpaired) electrons. The number of piperidine rings is 1. The van der Waals surface area contributed by atoms with Crippen molar-refractivity contribution in [3.05, 3.63) is 35.4 Å². The Morgan fingerprint density at radius 2 is 1.90 bits per heavy atom. The van der Waals surface area contributed by atoms with Gasteiger partial charge in [-0.3, -0.25) is 9.11 Å². The van der Waals surface area contributed by atoms with Gasteiger partial charge in [0.15, 0.2) is 0 Å². The molecule has 0 N–H and O–H groups in total. The van der Waals surface area contributed by atoms with Gasteiger partial charge in [-0.2, -0.15) is 0 Å².